The summed E-state index contributed by atoms with van der Waals surface area (Å²) >= 11 is 0. The minimum atomic E-state index is -0.271. The number of benzene rings is 1. The van der Waals surface area contributed by atoms with Crippen molar-refractivity contribution in [3.63, 3.8) is 0 Å². The predicted octanol–water partition coefficient (Wildman–Crippen LogP) is 3.53. The number of hydrogen-bond donors (Lipinski definition) is 0. The Morgan fingerprint density at radius 3 is 2.43 bits per heavy atom. The highest BCUT2D eigenvalue weighted by molar-refractivity contribution is 6.08. The lowest BCUT2D eigenvalue weighted by Crippen LogP contribution is -2.27. The van der Waals surface area contributed by atoms with Gasteiger partial charge in [0.05, 0.1) is 0 Å². The van der Waals surface area contributed by atoms with Gasteiger partial charge in [0.2, 0.25) is 5.88 Å². The molecule has 0 unspecified atom stereocenters. The molecule has 0 aliphatic heterocycles. The topological polar surface area (TPSA) is 62.2 Å². The van der Waals surface area contributed by atoms with E-state index in [9.17, 15) is 10.1 Å². The Kier molecular flexibility index (Phi) is 3.73. The lowest BCUT2D eigenvalue weighted by atomic mass is 10.1. The molecule has 2 aromatic heterocycles. The first kappa shape index (κ1) is 14.7. The number of rotatable bonds is 3. The lowest BCUT2D eigenvalue weighted by Gasteiger charge is -2.16. The van der Waals surface area contributed by atoms with E-state index in [-0.39, 0.29) is 11.5 Å². The summed E-state index contributed by atoms with van der Waals surface area (Å²) in [7, 11) is 1.68. The zero-order valence-electron chi connectivity index (χ0n) is 12.9. The zero-order chi connectivity index (χ0) is 16.4. The highest BCUT2D eigenvalue weighted by Gasteiger charge is 2.27. The molecule has 3 aromatic rings. The molecule has 0 N–H and O–H groups in total. The Bertz CT molecular complexity index is 871. The molecule has 3 rings (SSSR count). The summed E-state index contributed by atoms with van der Waals surface area (Å²) in [5.74, 6) is 0.519. The fourth-order valence-corrected chi connectivity index (χ4v) is 2.48. The van der Waals surface area contributed by atoms with Crippen LogP contribution in [0.1, 0.15) is 21.7 Å². The van der Waals surface area contributed by atoms with E-state index in [0.717, 1.165) is 5.69 Å². The van der Waals surface area contributed by atoms with E-state index in [4.69, 9.17) is 4.42 Å². The normalized spacial score (nSPS) is 10.3. The quantitative estimate of drug-likeness (QED) is 0.743. The molecule has 0 atom stereocenters. The second-order valence-electron chi connectivity index (χ2n) is 5.12. The highest BCUT2D eigenvalue weighted by atomic mass is 16.4. The fraction of sp³-hybridized carbons (Fsp3) is 0.111. The van der Waals surface area contributed by atoms with E-state index in [1.807, 2.05) is 42.5 Å². The predicted molar refractivity (Wildman–Crippen MR) is 86.7 cm³/mol. The van der Waals surface area contributed by atoms with Gasteiger partial charge in [0.15, 0.2) is 0 Å². The molecule has 0 aliphatic carbocycles. The molecular weight excluding hydrogens is 290 g/mol. The van der Waals surface area contributed by atoms with E-state index in [0.29, 0.717) is 17.2 Å². The van der Waals surface area contributed by atoms with E-state index in [2.05, 4.69) is 6.07 Å². The number of hydrogen-bond acceptors (Lipinski definition) is 3. The fourth-order valence-electron chi connectivity index (χ4n) is 2.48. The Morgan fingerprint density at radius 2 is 1.83 bits per heavy atom. The molecule has 1 amide bonds. The van der Waals surface area contributed by atoms with Crippen molar-refractivity contribution in [3.05, 3.63) is 71.7 Å². The van der Waals surface area contributed by atoms with Crippen molar-refractivity contribution in [3.8, 4) is 12.0 Å². The zero-order valence-corrected chi connectivity index (χ0v) is 12.9. The van der Waals surface area contributed by atoms with Crippen molar-refractivity contribution >= 4 is 11.6 Å². The van der Waals surface area contributed by atoms with Crippen LogP contribution in [-0.2, 0) is 0 Å². The molecule has 2 heterocycles. The molecule has 0 radical (unpaired) electrons. The van der Waals surface area contributed by atoms with Gasteiger partial charge in [-0.15, -0.1) is 0 Å². The van der Waals surface area contributed by atoms with Crippen LogP contribution in [-0.4, -0.2) is 17.5 Å². The highest BCUT2D eigenvalue weighted by Crippen LogP contribution is 2.27. The number of anilines is 1. The van der Waals surface area contributed by atoms with Crippen LogP contribution < -0.4 is 4.90 Å². The van der Waals surface area contributed by atoms with Gasteiger partial charge in [-0.1, -0.05) is 18.2 Å². The Labute approximate surface area is 134 Å². The standard InChI is InChI=1S/C18H15N3O2/c1-13-16(17(22)20(2)14-8-4-3-5-9-14)15(12-19)18(23-13)21-10-6-7-11-21/h3-11H,1-2H3. The van der Waals surface area contributed by atoms with Crippen LogP contribution in [0.2, 0.25) is 0 Å². The summed E-state index contributed by atoms with van der Waals surface area (Å²) in [5, 5.41) is 9.52. The molecule has 5 heteroatoms. The lowest BCUT2D eigenvalue weighted by molar-refractivity contribution is 0.0991. The third-order valence-electron chi connectivity index (χ3n) is 3.68. The van der Waals surface area contributed by atoms with Crippen molar-refractivity contribution in [2.45, 2.75) is 6.92 Å². The minimum absolute atomic E-state index is 0.242. The number of carbonyl (C=O) groups is 1. The molecule has 114 valence electrons. The van der Waals surface area contributed by atoms with Gasteiger partial charge in [-0.3, -0.25) is 9.36 Å². The molecule has 0 spiro atoms. The van der Waals surface area contributed by atoms with E-state index < -0.39 is 0 Å². The number of aromatic nitrogens is 1. The smallest absolute Gasteiger partial charge is 0.262 e. The van der Waals surface area contributed by atoms with Crippen LogP contribution in [0, 0.1) is 18.3 Å². The van der Waals surface area contributed by atoms with Gasteiger partial charge < -0.3 is 9.32 Å². The summed E-state index contributed by atoms with van der Waals surface area (Å²) in [4.78, 5) is 14.3. The van der Waals surface area contributed by atoms with E-state index in [1.54, 1.807) is 30.9 Å². The average Bonchev–Trinajstić information content (AvgIpc) is 3.21. The summed E-state index contributed by atoms with van der Waals surface area (Å²) in [6, 6.07) is 15.0. The first-order chi connectivity index (χ1) is 11.1. The first-order valence-corrected chi connectivity index (χ1v) is 7.13. The number of nitriles is 1. The molecular formula is C18H15N3O2. The maximum absolute atomic E-state index is 12.8. The maximum atomic E-state index is 12.8. The largest absolute Gasteiger partial charge is 0.443 e. The van der Waals surface area contributed by atoms with Crippen LogP contribution >= 0.6 is 0 Å². The maximum Gasteiger partial charge on any atom is 0.262 e. The molecule has 0 bridgehead atoms. The van der Waals surface area contributed by atoms with Crippen molar-refractivity contribution in [1.29, 1.82) is 5.26 Å². The number of carbonyl (C=O) groups excluding carboxylic acids is 1. The molecule has 0 saturated carbocycles. The minimum Gasteiger partial charge on any atom is -0.443 e. The van der Waals surface area contributed by atoms with Gasteiger partial charge in [0, 0.05) is 25.1 Å². The number of amides is 1. The average molecular weight is 305 g/mol. The van der Waals surface area contributed by atoms with E-state index >= 15 is 0 Å². The molecule has 23 heavy (non-hydrogen) atoms. The van der Waals surface area contributed by atoms with Gasteiger partial charge in [-0.2, -0.15) is 5.26 Å². The Balaban J connectivity index is 2.07. The molecule has 0 fully saturated rings. The summed E-state index contributed by atoms with van der Waals surface area (Å²) in [5.41, 5.74) is 1.29. The third-order valence-corrected chi connectivity index (χ3v) is 3.68. The van der Waals surface area contributed by atoms with Crippen molar-refractivity contribution in [2.24, 2.45) is 0 Å². The van der Waals surface area contributed by atoms with Crippen LogP contribution in [0.5, 0.6) is 0 Å². The number of para-hydroxylation sites is 1. The summed E-state index contributed by atoms with van der Waals surface area (Å²) < 4.78 is 7.37. The van der Waals surface area contributed by atoms with Gasteiger partial charge in [0.25, 0.3) is 5.91 Å². The molecule has 0 aliphatic rings. The molecule has 5 nitrogen and oxygen atoms in total. The van der Waals surface area contributed by atoms with Gasteiger partial charge >= 0.3 is 0 Å². The van der Waals surface area contributed by atoms with Crippen molar-refractivity contribution in [1.82, 2.24) is 4.57 Å². The SMILES string of the molecule is Cc1oc(-n2cccc2)c(C#N)c1C(=O)N(C)c1ccccc1. The van der Waals surface area contributed by atoms with Crippen LogP contribution in [0.3, 0.4) is 0 Å². The van der Waals surface area contributed by atoms with E-state index in [1.165, 1.54) is 4.90 Å². The summed E-state index contributed by atoms with van der Waals surface area (Å²) in [6.07, 6.45) is 3.54. The third kappa shape index (κ3) is 2.51. The van der Waals surface area contributed by atoms with Gasteiger partial charge in [-0.25, -0.2) is 0 Å². The number of nitrogens with zero attached hydrogens (tertiary/aromatic N) is 3. The van der Waals surface area contributed by atoms with Crippen LogP contribution in [0.4, 0.5) is 5.69 Å². The van der Waals surface area contributed by atoms with Crippen LogP contribution in [0.15, 0.2) is 59.3 Å². The Hall–Kier alpha value is -3.26. The van der Waals surface area contributed by atoms with Crippen LogP contribution in [0.25, 0.3) is 5.88 Å². The van der Waals surface area contributed by atoms with Crippen molar-refractivity contribution in [2.75, 3.05) is 11.9 Å². The number of aryl methyl sites for hydroxylation is 1. The second kappa shape index (κ2) is 5.85. The molecule has 0 saturated heterocycles. The number of furan rings is 1. The van der Waals surface area contributed by atoms with Gasteiger partial charge in [-0.05, 0) is 31.2 Å². The monoisotopic (exact) mass is 305 g/mol. The second-order valence-corrected chi connectivity index (χ2v) is 5.12. The Morgan fingerprint density at radius 1 is 1.17 bits per heavy atom. The van der Waals surface area contributed by atoms with Gasteiger partial charge in [0.1, 0.15) is 23.0 Å². The summed E-state index contributed by atoms with van der Waals surface area (Å²) in [6.45, 7) is 1.69. The molecule has 1 aromatic carbocycles. The first-order valence-electron chi connectivity index (χ1n) is 7.13. The van der Waals surface area contributed by atoms with Crippen molar-refractivity contribution < 1.29 is 9.21 Å².